The summed E-state index contributed by atoms with van der Waals surface area (Å²) >= 11 is 0.848. The molecular weight excluding hydrogens is 203 g/mol. The number of halogens is 3. The van der Waals surface area contributed by atoms with Crippen molar-refractivity contribution in [3.8, 4) is 0 Å². The van der Waals surface area contributed by atoms with Crippen LogP contribution in [0.3, 0.4) is 0 Å². The summed E-state index contributed by atoms with van der Waals surface area (Å²) in [5, 5.41) is -1.35. The fraction of sp³-hybridized carbons (Fsp3) is 1.00. The first kappa shape index (κ1) is 13.1. The molecule has 0 aliphatic carbocycles. The van der Waals surface area contributed by atoms with E-state index in [0.29, 0.717) is 12.4 Å². The SMILES string of the molecule is COCCSC(CCN)C(F)(F)F. The average Bonchev–Trinajstić information content (AvgIpc) is 2.01. The Hall–Kier alpha value is 0.0600. The monoisotopic (exact) mass is 217 g/mol. The molecular formula is C7H14F3NOS. The largest absolute Gasteiger partial charge is 0.400 e. The second-order valence-corrected chi connectivity index (χ2v) is 3.78. The van der Waals surface area contributed by atoms with Gasteiger partial charge in [0, 0.05) is 12.9 Å². The Bertz CT molecular complexity index is 131. The molecule has 0 saturated heterocycles. The molecule has 0 rings (SSSR count). The first-order chi connectivity index (χ1) is 6.02. The van der Waals surface area contributed by atoms with E-state index in [1.807, 2.05) is 0 Å². The fourth-order valence-corrected chi connectivity index (χ4v) is 1.81. The number of hydrogen-bond donors (Lipinski definition) is 1. The molecule has 2 N–H and O–H groups in total. The van der Waals surface area contributed by atoms with Crippen molar-refractivity contribution in [2.75, 3.05) is 26.0 Å². The smallest absolute Gasteiger partial charge is 0.384 e. The van der Waals surface area contributed by atoms with Gasteiger partial charge in [-0.3, -0.25) is 0 Å². The third-order valence-electron chi connectivity index (χ3n) is 1.40. The van der Waals surface area contributed by atoms with Gasteiger partial charge in [0.2, 0.25) is 0 Å². The van der Waals surface area contributed by atoms with Crippen LogP contribution in [-0.2, 0) is 4.74 Å². The van der Waals surface area contributed by atoms with Crippen LogP contribution >= 0.6 is 11.8 Å². The molecule has 6 heteroatoms. The maximum atomic E-state index is 12.2. The predicted molar refractivity (Wildman–Crippen MR) is 47.8 cm³/mol. The van der Waals surface area contributed by atoms with E-state index < -0.39 is 11.4 Å². The van der Waals surface area contributed by atoms with Crippen molar-refractivity contribution < 1.29 is 17.9 Å². The van der Waals surface area contributed by atoms with Gasteiger partial charge in [0.25, 0.3) is 0 Å². The summed E-state index contributed by atoms with van der Waals surface area (Å²) in [6.45, 7) is 0.395. The van der Waals surface area contributed by atoms with Gasteiger partial charge in [-0.1, -0.05) is 0 Å². The van der Waals surface area contributed by atoms with Crippen molar-refractivity contribution in [2.24, 2.45) is 5.73 Å². The quantitative estimate of drug-likeness (QED) is 0.687. The molecule has 0 fully saturated rings. The van der Waals surface area contributed by atoms with Gasteiger partial charge < -0.3 is 10.5 Å². The topological polar surface area (TPSA) is 35.2 Å². The van der Waals surface area contributed by atoms with Gasteiger partial charge >= 0.3 is 6.18 Å². The van der Waals surface area contributed by atoms with Crippen LogP contribution in [0.1, 0.15) is 6.42 Å². The maximum Gasteiger partial charge on any atom is 0.400 e. The molecule has 0 aromatic rings. The number of rotatable bonds is 6. The number of thioether (sulfide) groups is 1. The normalized spacial score (nSPS) is 14.5. The second-order valence-electron chi connectivity index (χ2n) is 2.47. The standard InChI is InChI=1S/C7H14F3NOS/c1-12-4-5-13-6(2-3-11)7(8,9)10/h6H,2-5,11H2,1H3. The molecule has 0 aliphatic rings. The average molecular weight is 217 g/mol. The number of nitrogens with two attached hydrogens (primary N) is 1. The maximum absolute atomic E-state index is 12.2. The minimum absolute atomic E-state index is 0.0299. The first-order valence-electron chi connectivity index (χ1n) is 3.89. The van der Waals surface area contributed by atoms with Crippen molar-refractivity contribution in [3.05, 3.63) is 0 Å². The highest BCUT2D eigenvalue weighted by Crippen LogP contribution is 2.32. The number of ether oxygens (including phenoxy) is 1. The highest BCUT2D eigenvalue weighted by atomic mass is 32.2. The lowest BCUT2D eigenvalue weighted by Gasteiger charge is -2.18. The Labute approximate surface area is 80.0 Å². The van der Waals surface area contributed by atoms with E-state index in [1.165, 1.54) is 7.11 Å². The van der Waals surface area contributed by atoms with E-state index in [2.05, 4.69) is 4.74 Å². The van der Waals surface area contributed by atoms with Crippen LogP contribution < -0.4 is 5.73 Å². The van der Waals surface area contributed by atoms with E-state index in [4.69, 9.17) is 5.73 Å². The molecule has 0 bridgehead atoms. The zero-order chi connectivity index (χ0) is 10.3. The van der Waals surface area contributed by atoms with Gasteiger partial charge in [-0.2, -0.15) is 13.2 Å². The van der Waals surface area contributed by atoms with Crippen LogP contribution in [-0.4, -0.2) is 37.4 Å². The van der Waals surface area contributed by atoms with Gasteiger partial charge in [0.1, 0.15) is 5.25 Å². The van der Waals surface area contributed by atoms with Crippen molar-refractivity contribution in [2.45, 2.75) is 17.8 Å². The molecule has 80 valence electrons. The summed E-state index contributed by atoms with van der Waals surface area (Å²) in [5.74, 6) is 0.348. The Morgan fingerprint density at radius 3 is 2.46 bits per heavy atom. The summed E-state index contributed by atoms with van der Waals surface area (Å²) in [6, 6.07) is 0. The molecule has 0 spiro atoms. The molecule has 0 saturated carbocycles. The van der Waals surface area contributed by atoms with Crippen LogP contribution in [0.4, 0.5) is 13.2 Å². The highest BCUT2D eigenvalue weighted by molar-refractivity contribution is 8.00. The molecule has 0 aliphatic heterocycles. The Morgan fingerprint density at radius 1 is 1.46 bits per heavy atom. The van der Waals surface area contributed by atoms with E-state index in [0.717, 1.165) is 11.8 Å². The van der Waals surface area contributed by atoms with Gasteiger partial charge in [0.15, 0.2) is 0 Å². The van der Waals surface area contributed by atoms with Crippen molar-refractivity contribution in [1.82, 2.24) is 0 Å². The van der Waals surface area contributed by atoms with E-state index in [-0.39, 0.29) is 13.0 Å². The van der Waals surface area contributed by atoms with Gasteiger partial charge in [-0.15, -0.1) is 11.8 Å². The summed E-state index contributed by atoms with van der Waals surface area (Å²) in [5.41, 5.74) is 5.09. The Balaban J connectivity index is 3.81. The molecule has 1 atom stereocenters. The van der Waals surface area contributed by atoms with Crippen LogP contribution in [0.25, 0.3) is 0 Å². The second kappa shape index (κ2) is 6.50. The number of methoxy groups -OCH3 is 1. The van der Waals surface area contributed by atoms with Crippen LogP contribution in [0.5, 0.6) is 0 Å². The van der Waals surface area contributed by atoms with Crippen LogP contribution in [0, 0.1) is 0 Å². The van der Waals surface area contributed by atoms with Crippen LogP contribution in [0.2, 0.25) is 0 Å². The van der Waals surface area contributed by atoms with Gasteiger partial charge in [-0.25, -0.2) is 0 Å². The van der Waals surface area contributed by atoms with Gasteiger partial charge in [-0.05, 0) is 13.0 Å². The minimum Gasteiger partial charge on any atom is -0.384 e. The Morgan fingerprint density at radius 2 is 2.08 bits per heavy atom. The summed E-state index contributed by atoms with van der Waals surface area (Å²) in [6.07, 6.45) is -4.18. The zero-order valence-corrected chi connectivity index (χ0v) is 8.25. The molecule has 0 heterocycles. The Kier molecular flexibility index (Phi) is 6.53. The molecule has 13 heavy (non-hydrogen) atoms. The molecule has 1 unspecified atom stereocenters. The highest BCUT2D eigenvalue weighted by Gasteiger charge is 2.38. The van der Waals surface area contributed by atoms with E-state index >= 15 is 0 Å². The fourth-order valence-electron chi connectivity index (χ4n) is 0.767. The molecule has 0 aromatic heterocycles. The molecule has 0 radical (unpaired) electrons. The summed E-state index contributed by atoms with van der Waals surface area (Å²) in [4.78, 5) is 0. The number of hydrogen-bond acceptors (Lipinski definition) is 3. The van der Waals surface area contributed by atoms with Crippen molar-refractivity contribution >= 4 is 11.8 Å². The summed E-state index contributed by atoms with van der Waals surface area (Å²) in [7, 11) is 1.46. The lowest BCUT2D eigenvalue weighted by Crippen LogP contribution is -2.28. The first-order valence-corrected chi connectivity index (χ1v) is 4.94. The number of alkyl halides is 3. The third-order valence-corrected chi connectivity index (χ3v) is 2.71. The molecule has 0 amide bonds. The molecule has 2 nitrogen and oxygen atoms in total. The van der Waals surface area contributed by atoms with E-state index in [9.17, 15) is 13.2 Å². The third kappa shape index (κ3) is 6.17. The lowest BCUT2D eigenvalue weighted by atomic mass is 10.3. The van der Waals surface area contributed by atoms with E-state index in [1.54, 1.807) is 0 Å². The zero-order valence-electron chi connectivity index (χ0n) is 7.43. The van der Waals surface area contributed by atoms with Gasteiger partial charge in [0.05, 0.1) is 6.61 Å². The lowest BCUT2D eigenvalue weighted by molar-refractivity contribution is -0.129. The summed E-state index contributed by atoms with van der Waals surface area (Å²) < 4.78 is 41.3. The predicted octanol–water partition coefficient (Wildman–Crippen LogP) is 1.65. The molecule has 0 aromatic carbocycles. The van der Waals surface area contributed by atoms with Crippen LogP contribution in [0.15, 0.2) is 0 Å². The minimum atomic E-state index is -4.15. The van der Waals surface area contributed by atoms with Crippen molar-refractivity contribution in [1.29, 1.82) is 0 Å². The van der Waals surface area contributed by atoms with Crippen molar-refractivity contribution in [3.63, 3.8) is 0 Å².